The van der Waals surface area contributed by atoms with Crippen molar-refractivity contribution in [1.29, 1.82) is 0 Å². The van der Waals surface area contributed by atoms with Gasteiger partial charge in [0.15, 0.2) is 7.28 Å². The van der Waals surface area contributed by atoms with E-state index in [1.807, 2.05) is 17.4 Å². The molecule has 0 saturated heterocycles. The van der Waals surface area contributed by atoms with E-state index >= 15 is 0 Å². The molecule has 2 aromatic carbocycles. The molecular weight excluding hydrogens is 251 g/mol. The maximum atomic E-state index is 5.27. The average Bonchev–Trinajstić information content (AvgIpc) is 2.90. The van der Waals surface area contributed by atoms with Crippen molar-refractivity contribution < 1.29 is 4.74 Å². The molecule has 3 heteroatoms. The lowest BCUT2D eigenvalue weighted by atomic mass is 9.73. The van der Waals surface area contributed by atoms with Crippen LogP contribution in [0.25, 0.3) is 20.5 Å². The maximum Gasteiger partial charge on any atom is 0.154 e. The summed E-state index contributed by atoms with van der Waals surface area (Å²) in [6.45, 7) is 2.18. The van der Waals surface area contributed by atoms with Crippen molar-refractivity contribution in [2.24, 2.45) is 0 Å². The Hall–Kier alpha value is -1.74. The molecule has 94 valence electrons. The molecule has 1 nitrogen and oxygen atoms in total. The molecule has 0 saturated carbocycles. The molecule has 0 atom stereocenters. The molecular formula is C16H15BOS. The molecule has 0 fully saturated rings. The molecule has 1 heterocycles. The van der Waals surface area contributed by atoms with E-state index in [-0.39, 0.29) is 0 Å². The number of benzene rings is 2. The number of fused-ring (bicyclic) bond motifs is 1. The van der Waals surface area contributed by atoms with Gasteiger partial charge in [-0.25, -0.2) is 0 Å². The zero-order valence-electron chi connectivity index (χ0n) is 11.1. The highest BCUT2D eigenvalue weighted by Gasteiger charge is 2.05. The average molecular weight is 266 g/mol. The molecule has 0 N–H and O–H groups in total. The highest BCUT2D eigenvalue weighted by molar-refractivity contribution is 7.22. The van der Waals surface area contributed by atoms with Crippen LogP contribution in [0.5, 0.6) is 5.75 Å². The first-order chi connectivity index (χ1) is 9.30. The van der Waals surface area contributed by atoms with Gasteiger partial charge in [-0.1, -0.05) is 36.6 Å². The Balaban J connectivity index is 2.04. The molecule has 0 bridgehead atoms. The number of hydrogen-bond acceptors (Lipinski definition) is 2. The molecule has 0 aliphatic heterocycles. The third-order valence-corrected chi connectivity index (χ3v) is 4.52. The number of rotatable bonds is 3. The van der Waals surface area contributed by atoms with E-state index in [0.717, 1.165) is 13.0 Å². The maximum absolute atomic E-state index is 5.27. The minimum atomic E-state index is 0.919. The Kier molecular flexibility index (Phi) is 3.30. The smallest absolute Gasteiger partial charge is 0.154 e. The Bertz CT molecular complexity index is 700. The molecule has 3 rings (SSSR count). The van der Waals surface area contributed by atoms with E-state index < -0.39 is 0 Å². The van der Waals surface area contributed by atoms with Crippen molar-refractivity contribution in [2.75, 3.05) is 7.11 Å². The zero-order valence-corrected chi connectivity index (χ0v) is 12.0. The second kappa shape index (κ2) is 5.10. The molecule has 3 aromatic rings. The summed E-state index contributed by atoms with van der Waals surface area (Å²) < 4.78 is 6.55. The third kappa shape index (κ3) is 2.38. The molecule has 0 unspecified atom stereocenters. The molecule has 0 radical (unpaired) electrons. The van der Waals surface area contributed by atoms with Gasteiger partial charge >= 0.3 is 0 Å². The summed E-state index contributed by atoms with van der Waals surface area (Å²) in [7, 11) is 2.79. The lowest BCUT2D eigenvalue weighted by molar-refractivity contribution is 0.415. The molecule has 0 amide bonds. The Morgan fingerprint density at radius 3 is 2.47 bits per heavy atom. The zero-order chi connectivity index (χ0) is 13.2. The van der Waals surface area contributed by atoms with Gasteiger partial charge < -0.3 is 4.74 Å². The minimum absolute atomic E-state index is 0.919. The van der Waals surface area contributed by atoms with Gasteiger partial charge in [0.2, 0.25) is 0 Å². The van der Waals surface area contributed by atoms with Gasteiger partial charge in [0, 0.05) is 9.58 Å². The van der Waals surface area contributed by atoms with Gasteiger partial charge in [0.1, 0.15) is 5.75 Å². The number of thiophene rings is 1. The van der Waals surface area contributed by atoms with Crippen LogP contribution >= 0.6 is 11.3 Å². The summed E-state index contributed by atoms with van der Waals surface area (Å²) in [5.41, 5.74) is 2.67. The number of methoxy groups -OCH3 is 1. The van der Waals surface area contributed by atoms with Crippen LogP contribution < -0.4 is 10.2 Å². The van der Waals surface area contributed by atoms with E-state index in [2.05, 4.69) is 49.3 Å². The topological polar surface area (TPSA) is 9.23 Å². The highest BCUT2D eigenvalue weighted by atomic mass is 32.1. The largest absolute Gasteiger partial charge is 0.497 e. The predicted molar refractivity (Wildman–Crippen MR) is 86.5 cm³/mol. The van der Waals surface area contributed by atoms with E-state index in [4.69, 9.17) is 4.74 Å². The van der Waals surface area contributed by atoms with E-state index in [1.165, 1.54) is 26.0 Å². The second-order valence-electron chi connectivity index (χ2n) is 4.56. The standard InChI is InChI=1S/C16H15BOS/c1-17-13-6-3-11(4-7-13)15-9-12-5-8-14(18-2)10-16(12)19-15/h3-10,17H,1-2H3. The fourth-order valence-electron chi connectivity index (χ4n) is 2.19. The van der Waals surface area contributed by atoms with Crippen molar-refractivity contribution in [3.63, 3.8) is 0 Å². The number of ether oxygens (including phenoxy) is 1. The summed E-state index contributed by atoms with van der Waals surface area (Å²) in [6.07, 6.45) is 0. The molecule has 0 aliphatic rings. The fraction of sp³-hybridized carbons (Fsp3) is 0.125. The van der Waals surface area contributed by atoms with E-state index in [1.54, 1.807) is 7.11 Å². The van der Waals surface area contributed by atoms with E-state index in [0.29, 0.717) is 0 Å². The minimum Gasteiger partial charge on any atom is -0.497 e. The lowest BCUT2D eigenvalue weighted by Gasteiger charge is -1.98. The van der Waals surface area contributed by atoms with Crippen LogP contribution in [-0.2, 0) is 0 Å². The van der Waals surface area contributed by atoms with Gasteiger partial charge in [0.25, 0.3) is 0 Å². The van der Waals surface area contributed by atoms with Crippen molar-refractivity contribution in [3.05, 3.63) is 48.5 Å². The monoisotopic (exact) mass is 266 g/mol. The lowest BCUT2D eigenvalue weighted by Crippen LogP contribution is -2.08. The van der Waals surface area contributed by atoms with Crippen molar-refractivity contribution in [1.82, 2.24) is 0 Å². The quantitative estimate of drug-likeness (QED) is 0.657. The SMILES string of the molecule is CBc1ccc(-c2cc3ccc(OC)cc3s2)cc1. The third-order valence-electron chi connectivity index (χ3n) is 3.37. The van der Waals surface area contributed by atoms with Gasteiger partial charge in [-0.05, 0) is 35.2 Å². The molecule has 1 aromatic heterocycles. The number of hydrogen-bond donors (Lipinski definition) is 0. The van der Waals surface area contributed by atoms with Gasteiger partial charge in [-0.2, -0.15) is 0 Å². The Morgan fingerprint density at radius 2 is 1.79 bits per heavy atom. The van der Waals surface area contributed by atoms with Crippen LogP contribution in [0.15, 0.2) is 48.5 Å². The summed E-state index contributed by atoms with van der Waals surface area (Å²) in [5, 5.41) is 1.28. The van der Waals surface area contributed by atoms with Crippen LogP contribution in [0, 0.1) is 0 Å². The van der Waals surface area contributed by atoms with Crippen LogP contribution in [0.4, 0.5) is 0 Å². The molecule has 0 spiro atoms. The van der Waals surface area contributed by atoms with Crippen molar-refractivity contribution in [3.8, 4) is 16.2 Å². The first-order valence-corrected chi connectivity index (χ1v) is 7.28. The summed E-state index contributed by atoms with van der Waals surface area (Å²) in [5.74, 6) is 0.919. The highest BCUT2D eigenvalue weighted by Crippen LogP contribution is 2.34. The van der Waals surface area contributed by atoms with Gasteiger partial charge in [-0.3, -0.25) is 0 Å². The van der Waals surface area contributed by atoms with Crippen molar-refractivity contribution in [2.45, 2.75) is 6.82 Å². The fourth-order valence-corrected chi connectivity index (χ4v) is 3.28. The Labute approximate surface area is 118 Å². The first kappa shape index (κ1) is 12.3. The van der Waals surface area contributed by atoms with Crippen LogP contribution in [0.2, 0.25) is 6.82 Å². The van der Waals surface area contributed by atoms with Gasteiger partial charge in [-0.15, -0.1) is 11.3 Å². The van der Waals surface area contributed by atoms with Crippen LogP contribution in [-0.4, -0.2) is 14.4 Å². The van der Waals surface area contributed by atoms with Crippen LogP contribution in [0.1, 0.15) is 0 Å². The summed E-state index contributed by atoms with van der Waals surface area (Å²) >= 11 is 1.81. The summed E-state index contributed by atoms with van der Waals surface area (Å²) in [4.78, 5) is 1.31. The molecule has 19 heavy (non-hydrogen) atoms. The normalized spacial score (nSPS) is 10.6. The second-order valence-corrected chi connectivity index (χ2v) is 5.65. The van der Waals surface area contributed by atoms with E-state index in [9.17, 15) is 0 Å². The first-order valence-electron chi connectivity index (χ1n) is 6.47. The molecule has 0 aliphatic carbocycles. The predicted octanol–water partition coefficient (Wildman–Crippen LogP) is 3.69. The van der Waals surface area contributed by atoms with Gasteiger partial charge in [0.05, 0.1) is 7.11 Å². The Morgan fingerprint density at radius 1 is 1.00 bits per heavy atom. The summed E-state index contributed by atoms with van der Waals surface area (Å²) in [6, 6.07) is 17.3. The van der Waals surface area contributed by atoms with Crippen molar-refractivity contribution >= 4 is 34.2 Å². The van der Waals surface area contributed by atoms with Crippen LogP contribution in [0.3, 0.4) is 0 Å².